The van der Waals surface area contributed by atoms with E-state index in [0.717, 1.165) is 30.7 Å². The molecule has 4 nitrogen and oxygen atoms in total. The highest BCUT2D eigenvalue weighted by Gasteiger charge is 2.61. The summed E-state index contributed by atoms with van der Waals surface area (Å²) in [4.78, 5) is 4.55. The fourth-order valence-corrected chi connectivity index (χ4v) is 2.62. The van der Waals surface area contributed by atoms with Crippen LogP contribution in [0.5, 0.6) is 0 Å². The van der Waals surface area contributed by atoms with Crippen LogP contribution >= 0.6 is 0 Å². The number of aromatic nitrogens is 2. The number of nitrogens with zero attached hydrogens (tertiary/aromatic N) is 2. The molecule has 1 N–H and O–H groups in total. The van der Waals surface area contributed by atoms with E-state index >= 15 is 0 Å². The van der Waals surface area contributed by atoms with Gasteiger partial charge in [0.2, 0.25) is 5.89 Å². The highest BCUT2D eigenvalue weighted by molar-refractivity contribution is 5.27. The molecular weight excluding hydrogens is 190 g/mol. The smallest absolute Gasteiger partial charge is 0.229 e. The second-order valence-corrected chi connectivity index (χ2v) is 4.92. The maximum atomic E-state index is 5.30. The molecule has 1 aromatic heterocycles. The van der Waals surface area contributed by atoms with E-state index in [-0.39, 0.29) is 12.8 Å². The molecule has 15 heavy (non-hydrogen) atoms. The maximum absolute atomic E-state index is 5.30. The van der Waals surface area contributed by atoms with Crippen LogP contribution in [0.25, 0.3) is 0 Å². The molecule has 1 saturated heterocycles. The van der Waals surface area contributed by atoms with E-state index in [4.69, 9.17) is 4.52 Å². The highest BCUT2D eigenvalue weighted by atomic mass is 16.5. The van der Waals surface area contributed by atoms with E-state index in [9.17, 15) is 0 Å². The lowest BCUT2D eigenvalue weighted by atomic mass is 10.1. The molecule has 2 saturated carbocycles. The Morgan fingerprint density at radius 3 is 2.87 bits per heavy atom. The molecule has 3 aliphatic rings. The summed E-state index contributed by atoms with van der Waals surface area (Å²) in [5, 5.41) is 7.54. The molecule has 2 atom stereocenters. The summed E-state index contributed by atoms with van der Waals surface area (Å²) in [5.41, 5.74) is 0.261. The fourth-order valence-electron chi connectivity index (χ4n) is 2.62. The summed E-state index contributed by atoms with van der Waals surface area (Å²) in [6.45, 7) is 2.18. The number of fused-ring (bicyclic) bond motifs is 1. The molecule has 1 aliphatic heterocycles. The molecule has 2 unspecified atom stereocenters. The zero-order chi connectivity index (χ0) is 9.17. The minimum atomic E-state index is 0. The van der Waals surface area contributed by atoms with Gasteiger partial charge in [0.25, 0.3) is 0 Å². The molecule has 0 amide bonds. The van der Waals surface area contributed by atoms with Crippen molar-refractivity contribution in [1.29, 1.82) is 0 Å². The van der Waals surface area contributed by atoms with Gasteiger partial charge in [-0.15, -0.1) is 0 Å². The third-order valence-electron chi connectivity index (χ3n) is 3.88. The Morgan fingerprint density at radius 2 is 2.27 bits per heavy atom. The fraction of sp³-hybridized carbons (Fsp3) is 0.818. The van der Waals surface area contributed by atoms with Crippen molar-refractivity contribution in [3.63, 3.8) is 0 Å². The molecule has 0 radical (unpaired) electrons. The van der Waals surface area contributed by atoms with Crippen LogP contribution in [-0.4, -0.2) is 23.2 Å². The Kier molecular flexibility index (Phi) is 1.75. The molecule has 0 aromatic carbocycles. The lowest BCUT2D eigenvalue weighted by Crippen LogP contribution is -2.20. The largest absolute Gasteiger partial charge is 0.339 e. The molecular formula is C11H17N3O. The highest BCUT2D eigenvalue weighted by Crippen LogP contribution is 2.55. The number of hydrogen-bond donors (Lipinski definition) is 1. The van der Waals surface area contributed by atoms with Crippen molar-refractivity contribution in [3.8, 4) is 0 Å². The van der Waals surface area contributed by atoms with E-state index in [1.807, 2.05) is 0 Å². The predicted octanol–water partition coefficient (Wildman–Crippen LogP) is 1.44. The number of rotatable bonds is 2. The van der Waals surface area contributed by atoms with Gasteiger partial charge in [-0.1, -0.05) is 12.6 Å². The van der Waals surface area contributed by atoms with Gasteiger partial charge in [-0.3, -0.25) is 0 Å². The SMILES string of the molecule is C.C1CC1c1nc(C23CNCC2C3)no1. The Hall–Kier alpha value is -0.900. The summed E-state index contributed by atoms with van der Waals surface area (Å²) >= 11 is 0. The first-order valence-corrected chi connectivity index (χ1v) is 5.43. The van der Waals surface area contributed by atoms with Gasteiger partial charge >= 0.3 is 0 Å². The zero-order valence-corrected chi connectivity index (χ0v) is 7.99. The van der Waals surface area contributed by atoms with Gasteiger partial charge in [0, 0.05) is 12.5 Å². The van der Waals surface area contributed by atoms with E-state index < -0.39 is 0 Å². The molecule has 2 aliphatic carbocycles. The normalized spacial score (nSPS) is 37.2. The van der Waals surface area contributed by atoms with Crippen LogP contribution < -0.4 is 5.32 Å². The number of piperidine rings is 1. The molecule has 4 heteroatoms. The lowest BCUT2D eigenvalue weighted by molar-refractivity contribution is 0.369. The standard InChI is InChI=1S/C10H13N3O.CH4/c1-2-6(1)8-12-9(13-14-8)10-3-7(10)4-11-5-10;/h6-7,11H,1-5H2;1H4. The Balaban J connectivity index is 0.000000722. The molecule has 0 spiro atoms. The second kappa shape index (κ2) is 2.82. The molecule has 82 valence electrons. The minimum absolute atomic E-state index is 0. The molecule has 2 heterocycles. The van der Waals surface area contributed by atoms with E-state index in [1.54, 1.807) is 0 Å². The Morgan fingerprint density at radius 1 is 1.40 bits per heavy atom. The van der Waals surface area contributed by atoms with Crippen molar-refractivity contribution in [2.45, 2.75) is 38.0 Å². The summed E-state index contributed by atoms with van der Waals surface area (Å²) < 4.78 is 5.30. The predicted molar refractivity (Wildman–Crippen MR) is 55.7 cm³/mol. The first kappa shape index (κ1) is 9.33. The first-order valence-electron chi connectivity index (χ1n) is 5.43. The van der Waals surface area contributed by atoms with Crippen LogP contribution in [-0.2, 0) is 5.41 Å². The van der Waals surface area contributed by atoms with Crippen molar-refractivity contribution in [3.05, 3.63) is 11.7 Å². The Labute approximate surface area is 89.4 Å². The minimum Gasteiger partial charge on any atom is -0.339 e. The molecule has 3 fully saturated rings. The van der Waals surface area contributed by atoms with E-state index in [1.165, 1.54) is 19.3 Å². The lowest BCUT2D eigenvalue weighted by Gasteiger charge is -2.03. The summed E-state index contributed by atoms with van der Waals surface area (Å²) in [7, 11) is 0. The number of nitrogens with one attached hydrogen (secondary N) is 1. The van der Waals surface area contributed by atoms with Crippen molar-refractivity contribution in [1.82, 2.24) is 15.5 Å². The van der Waals surface area contributed by atoms with Crippen LogP contribution in [0.4, 0.5) is 0 Å². The quantitative estimate of drug-likeness (QED) is 0.797. The number of hydrogen-bond acceptors (Lipinski definition) is 4. The third kappa shape index (κ3) is 1.17. The zero-order valence-electron chi connectivity index (χ0n) is 7.99. The van der Waals surface area contributed by atoms with Crippen molar-refractivity contribution < 1.29 is 4.52 Å². The van der Waals surface area contributed by atoms with E-state index in [0.29, 0.717) is 5.92 Å². The van der Waals surface area contributed by atoms with Gasteiger partial charge in [-0.2, -0.15) is 4.98 Å². The topological polar surface area (TPSA) is 51.0 Å². The summed E-state index contributed by atoms with van der Waals surface area (Å²) in [5.74, 6) is 3.20. The van der Waals surface area contributed by atoms with Gasteiger partial charge in [0.1, 0.15) is 0 Å². The van der Waals surface area contributed by atoms with Gasteiger partial charge in [-0.25, -0.2) is 0 Å². The average Bonchev–Trinajstić information content (AvgIpc) is 3.09. The van der Waals surface area contributed by atoms with Crippen LogP contribution in [0.3, 0.4) is 0 Å². The average molecular weight is 207 g/mol. The van der Waals surface area contributed by atoms with Crippen molar-refractivity contribution in [2.75, 3.05) is 13.1 Å². The summed E-state index contributed by atoms with van der Waals surface area (Å²) in [6.07, 6.45) is 3.72. The molecule has 4 rings (SSSR count). The summed E-state index contributed by atoms with van der Waals surface area (Å²) in [6, 6.07) is 0. The molecule has 0 bridgehead atoms. The van der Waals surface area contributed by atoms with Crippen LogP contribution in [0.1, 0.15) is 44.3 Å². The monoisotopic (exact) mass is 207 g/mol. The van der Waals surface area contributed by atoms with Gasteiger partial charge < -0.3 is 9.84 Å². The van der Waals surface area contributed by atoms with Crippen molar-refractivity contribution in [2.24, 2.45) is 5.92 Å². The Bertz CT molecular complexity index is 385. The van der Waals surface area contributed by atoms with Gasteiger partial charge in [0.15, 0.2) is 5.82 Å². The van der Waals surface area contributed by atoms with Gasteiger partial charge in [0.05, 0.1) is 5.41 Å². The maximum Gasteiger partial charge on any atom is 0.229 e. The third-order valence-corrected chi connectivity index (χ3v) is 3.88. The van der Waals surface area contributed by atoms with Crippen LogP contribution in [0.2, 0.25) is 0 Å². The van der Waals surface area contributed by atoms with E-state index in [2.05, 4.69) is 15.5 Å². The van der Waals surface area contributed by atoms with Gasteiger partial charge in [-0.05, 0) is 31.7 Å². The second-order valence-electron chi connectivity index (χ2n) is 4.92. The molecule has 1 aromatic rings. The van der Waals surface area contributed by atoms with Crippen LogP contribution in [0, 0.1) is 5.92 Å². The van der Waals surface area contributed by atoms with Crippen LogP contribution in [0.15, 0.2) is 4.52 Å². The first-order chi connectivity index (χ1) is 6.88. The van der Waals surface area contributed by atoms with Crippen molar-refractivity contribution >= 4 is 0 Å².